The van der Waals surface area contributed by atoms with Crippen LogP contribution in [0.5, 0.6) is 0 Å². The minimum absolute atomic E-state index is 0.193. The van der Waals surface area contributed by atoms with Gasteiger partial charge < -0.3 is 0 Å². The molecule has 0 unspecified atom stereocenters. The predicted molar refractivity (Wildman–Crippen MR) is 121 cm³/mol. The number of piperidine rings is 1. The van der Waals surface area contributed by atoms with E-state index in [1.165, 1.54) is 35.8 Å². The monoisotopic (exact) mass is 432 g/mol. The van der Waals surface area contributed by atoms with Crippen LogP contribution in [0.25, 0.3) is 11.3 Å². The summed E-state index contributed by atoms with van der Waals surface area (Å²) in [5, 5.41) is 3.31. The second-order valence-electron chi connectivity index (χ2n) is 10.0. The Bertz CT molecular complexity index is 1010. The summed E-state index contributed by atoms with van der Waals surface area (Å²) < 4.78 is 25.1. The maximum Gasteiger partial charge on any atom is 0.211 e. The molecule has 4 nitrogen and oxygen atoms in total. The van der Waals surface area contributed by atoms with Gasteiger partial charge in [-0.05, 0) is 53.7 Å². The second kappa shape index (κ2) is 7.17. The van der Waals surface area contributed by atoms with E-state index in [1.54, 1.807) is 15.6 Å². The Morgan fingerprint density at radius 2 is 1.66 bits per heavy atom. The molecule has 2 aromatic rings. The standard InChI is InChI=1S/C23H32N2O2S2/c1-22(2)10-11-23(3,4)19-14-17(6-7-18(19)22)20-15-28-21(24-20)16-8-12-25(13-9-16)29(5,26)27/h6-7,14-16H,8-13H2,1-5H3. The van der Waals surface area contributed by atoms with Crippen LogP contribution in [0.1, 0.15) is 75.4 Å². The fraction of sp³-hybridized carbons (Fsp3) is 0.609. The van der Waals surface area contributed by atoms with Crippen molar-refractivity contribution in [1.82, 2.24) is 9.29 Å². The number of aromatic nitrogens is 1. The number of sulfonamides is 1. The first-order chi connectivity index (χ1) is 13.5. The highest BCUT2D eigenvalue weighted by Gasteiger charge is 2.37. The lowest BCUT2D eigenvalue weighted by Gasteiger charge is -2.42. The number of rotatable bonds is 3. The molecule has 0 spiro atoms. The summed E-state index contributed by atoms with van der Waals surface area (Å²) in [5.41, 5.74) is 5.61. The van der Waals surface area contributed by atoms with Gasteiger partial charge in [0.1, 0.15) is 0 Å². The largest absolute Gasteiger partial charge is 0.241 e. The quantitative estimate of drug-likeness (QED) is 0.661. The van der Waals surface area contributed by atoms with Crippen molar-refractivity contribution in [1.29, 1.82) is 0 Å². The average Bonchev–Trinajstić information content (AvgIpc) is 3.15. The molecule has 1 aliphatic heterocycles. The molecule has 29 heavy (non-hydrogen) atoms. The van der Waals surface area contributed by atoms with Crippen LogP contribution >= 0.6 is 11.3 Å². The Morgan fingerprint density at radius 3 is 2.28 bits per heavy atom. The summed E-state index contributed by atoms with van der Waals surface area (Å²) in [7, 11) is -3.08. The van der Waals surface area contributed by atoms with Gasteiger partial charge in [-0.15, -0.1) is 11.3 Å². The topological polar surface area (TPSA) is 50.3 Å². The second-order valence-corrected chi connectivity index (χ2v) is 12.9. The maximum absolute atomic E-state index is 11.7. The predicted octanol–water partition coefficient (Wildman–Crippen LogP) is 5.30. The Hall–Kier alpha value is -1.24. The van der Waals surface area contributed by atoms with Gasteiger partial charge in [-0.25, -0.2) is 17.7 Å². The first-order valence-corrected chi connectivity index (χ1v) is 13.3. The summed E-state index contributed by atoms with van der Waals surface area (Å²) in [6.07, 6.45) is 5.43. The van der Waals surface area contributed by atoms with Crippen molar-refractivity contribution in [3.8, 4) is 11.3 Å². The van der Waals surface area contributed by atoms with E-state index in [1.807, 2.05) is 0 Å². The maximum atomic E-state index is 11.7. The molecule has 4 rings (SSSR count). The molecule has 0 amide bonds. The van der Waals surface area contributed by atoms with E-state index in [9.17, 15) is 8.42 Å². The van der Waals surface area contributed by atoms with E-state index in [2.05, 4.69) is 51.3 Å². The van der Waals surface area contributed by atoms with Gasteiger partial charge >= 0.3 is 0 Å². The van der Waals surface area contributed by atoms with Crippen LogP contribution in [0.2, 0.25) is 0 Å². The molecule has 2 aliphatic rings. The summed E-state index contributed by atoms with van der Waals surface area (Å²) in [6, 6.07) is 6.91. The molecular weight excluding hydrogens is 400 g/mol. The van der Waals surface area contributed by atoms with Gasteiger partial charge in [-0.1, -0.05) is 39.8 Å². The van der Waals surface area contributed by atoms with Gasteiger partial charge in [-0.2, -0.15) is 0 Å². The minimum Gasteiger partial charge on any atom is -0.241 e. The van der Waals surface area contributed by atoms with E-state index in [0.29, 0.717) is 19.0 Å². The molecule has 158 valence electrons. The van der Waals surface area contributed by atoms with Crippen LogP contribution in [0.4, 0.5) is 0 Å². The van der Waals surface area contributed by atoms with Crippen LogP contribution in [0.3, 0.4) is 0 Å². The first kappa shape index (κ1) is 21.0. The molecule has 1 aliphatic carbocycles. The van der Waals surface area contributed by atoms with Crippen molar-refractivity contribution >= 4 is 21.4 Å². The third kappa shape index (κ3) is 4.04. The van der Waals surface area contributed by atoms with Gasteiger partial charge in [0.05, 0.1) is 17.0 Å². The van der Waals surface area contributed by atoms with Crippen molar-refractivity contribution < 1.29 is 8.42 Å². The molecule has 1 saturated heterocycles. The van der Waals surface area contributed by atoms with Crippen LogP contribution in [0, 0.1) is 0 Å². The molecule has 1 aromatic carbocycles. The van der Waals surface area contributed by atoms with Gasteiger partial charge in [0.25, 0.3) is 0 Å². The first-order valence-electron chi connectivity index (χ1n) is 10.5. The highest BCUT2D eigenvalue weighted by atomic mass is 32.2. The van der Waals surface area contributed by atoms with Crippen molar-refractivity contribution in [2.75, 3.05) is 19.3 Å². The number of nitrogens with zero attached hydrogens (tertiary/aromatic N) is 2. The van der Waals surface area contributed by atoms with Crippen molar-refractivity contribution in [2.45, 2.75) is 70.1 Å². The molecular formula is C23H32N2O2S2. The number of hydrogen-bond donors (Lipinski definition) is 0. The number of thiazole rings is 1. The molecule has 0 saturated carbocycles. The summed E-state index contributed by atoms with van der Waals surface area (Å²) in [5.74, 6) is 0.361. The van der Waals surface area contributed by atoms with Crippen LogP contribution in [-0.2, 0) is 20.9 Å². The Labute approximate surface area is 179 Å². The zero-order valence-electron chi connectivity index (χ0n) is 18.2. The number of hydrogen-bond acceptors (Lipinski definition) is 4. The van der Waals surface area contributed by atoms with E-state index in [4.69, 9.17) is 4.98 Å². The Morgan fingerprint density at radius 1 is 1.03 bits per heavy atom. The third-order valence-electron chi connectivity index (χ3n) is 6.94. The van der Waals surface area contributed by atoms with Crippen molar-refractivity contribution in [3.05, 3.63) is 39.7 Å². The zero-order valence-corrected chi connectivity index (χ0v) is 19.8. The Balaban J connectivity index is 1.58. The van der Waals surface area contributed by atoms with Crippen LogP contribution < -0.4 is 0 Å². The van der Waals surface area contributed by atoms with Crippen molar-refractivity contribution in [2.24, 2.45) is 0 Å². The lowest BCUT2D eigenvalue weighted by atomic mass is 9.63. The molecule has 1 fully saturated rings. The van der Waals surface area contributed by atoms with Crippen LogP contribution in [-0.4, -0.2) is 37.1 Å². The smallest absolute Gasteiger partial charge is 0.211 e. The Kier molecular flexibility index (Phi) is 5.20. The lowest BCUT2D eigenvalue weighted by Crippen LogP contribution is -2.37. The van der Waals surface area contributed by atoms with Crippen LogP contribution in [0.15, 0.2) is 23.6 Å². The van der Waals surface area contributed by atoms with E-state index in [0.717, 1.165) is 23.5 Å². The fourth-order valence-electron chi connectivity index (χ4n) is 4.79. The lowest BCUT2D eigenvalue weighted by molar-refractivity contribution is 0.321. The average molecular weight is 433 g/mol. The van der Waals surface area contributed by atoms with Gasteiger partial charge in [0.2, 0.25) is 10.0 Å². The zero-order chi connectivity index (χ0) is 21.0. The van der Waals surface area contributed by atoms with Gasteiger partial charge in [-0.3, -0.25) is 0 Å². The molecule has 2 heterocycles. The minimum atomic E-state index is -3.08. The molecule has 0 bridgehead atoms. The number of benzene rings is 1. The summed E-state index contributed by atoms with van der Waals surface area (Å²) in [4.78, 5) is 4.97. The van der Waals surface area contributed by atoms with E-state index < -0.39 is 10.0 Å². The SMILES string of the molecule is CC1(C)CCC(C)(C)c2cc(-c3csc(C4CCN(S(C)(=O)=O)CC4)n3)ccc21. The normalized spacial score (nSPS) is 22.4. The highest BCUT2D eigenvalue weighted by molar-refractivity contribution is 7.88. The molecule has 0 radical (unpaired) electrons. The van der Waals surface area contributed by atoms with E-state index >= 15 is 0 Å². The summed E-state index contributed by atoms with van der Waals surface area (Å²) >= 11 is 1.72. The van der Waals surface area contributed by atoms with E-state index in [-0.39, 0.29) is 10.8 Å². The summed E-state index contributed by atoms with van der Waals surface area (Å²) in [6.45, 7) is 10.6. The number of fused-ring (bicyclic) bond motifs is 1. The third-order valence-corrected chi connectivity index (χ3v) is 9.25. The van der Waals surface area contributed by atoms with Gasteiger partial charge in [0, 0.05) is 30.0 Å². The fourth-order valence-corrected chi connectivity index (χ4v) is 6.66. The molecule has 0 atom stereocenters. The molecule has 0 N–H and O–H groups in total. The molecule has 6 heteroatoms. The molecule has 1 aromatic heterocycles. The van der Waals surface area contributed by atoms with Crippen molar-refractivity contribution in [3.63, 3.8) is 0 Å². The van der Waals surface area contributed by atoms with Gasteiger partial charge in [0.15, 0.2) is 0 Å². The highest BCUT2D eigenvalue weighted by Crippen LogP contribution is 2.47.